The first-order valence-corrected chi connectivity index (χ1v) is 7.24. The Bertz CT molecular complexity index is 275. The van der Waals surface area contributed by atoms with E-state index in [2.05, 4.69) is 5.32 Å². The highest BCUT2D eigenvalue weighted by molar-refractivity contribution is 8.00. The molecule has 0 aliphatic rings. The van der Waals surface area contributed by atoms with E-state index in [1.54, 1.807) is 7.05 Å². The van der Waals surface area contributed by atoms with Crippen LogP contribution in [0.15, 0.2) is 0 Å². The summed E-state index contributed by atoms with van der Waals surface area (Å²) in [6.07, 6.45) is 1.17. The van der Waals surface area contributed by atoms with Crippen LogP contribution in [0.4, 0.5) is 0 Å². The normalized spacial score (nSPS) is 13.9. The van der Waals surface area contributed by atoms with Crippen molar-refractivity contribution < 1.29 is 18.3 Å². The van der Waals surface area contributed by atoms with E-state index in [0.717, 1.165) is 0 Å². The second-order valence-corrected chi connectivity index (χ2v) is 6.29. The largest absolute Gasteiger partial charge is 0.480 e. The van der Waals surface area contributed by atoms with Gasteiger partial charge in [-0.25, -0.2) is 8.42 Å². The number of hydrogen-bond donors (Lipinski definition) is 2. The van der Waals surface area contributed by atoms with E-state index >= 15 is 0 Å². The number of hydrogen-bond acceptors (Lipinski definition) is 5. The molecule has 7 heteroatoms. The number of aliphatic carboxylic acids is 1. The summed E-state index contributed by atoms with van der Waals surface area (Å²) in [7, 11) is -1.37. The molecule has 0 saturated carbocycles. The van der Waals surface area contributed by atoms with Crippen molar-refractivity contribution in [1.82, 2.24) is 5.32 Å². The van der Waals surface area contributed by atoms with Crippen LogP contribution in [0, 0.1) is 0 Å². The number of thioether (sulfide) groups is 1. The Morgan fingerprint density at radius 3 is 2.50 bits per heavy atom. The molecule has 0 saturated heterocycles. The molecule has 1 unspecified atom stereocenters. The SMILES string of the molecule is CNC(CSCCS(C)(=O)=O)C(=O)O. The monoisotopic (exact) mass is 241 g/mol. The van der Waals surface area contributed by atoms with E-state index in [4.69, 9.17) is 5.11 Å². The maximum absolute atomic E-state index is 10.7. The molecule has 0 aromatic heterocycles. The van der Waals surface area contributed by atoms with Crippen molar-refractivity contribution in [2.45, 2.75) is 6.04 Å². The summed E-state index contributed by atoms with van der Waals surface area (Å²) in [5.74, 6) is -0.0151. The van der Waals surface area contributed by atoms with Gasteiger partial charge in [0, 0.05) is 17.8 Å². The number of carbonyl (C=O) groups is 1. The lowest BCUT2D eigenvalue weighted by Gasteiger charge is -2.09. The van der Waals surface area contributed by atoms with Gasteiger partial charge in [-0.1, -0.05) is 0 Å². The maximum Gasteiger partial charge on any atom is 0.321 e. The minimum absolute atomic E-state index is 0.0910. The van der Waals surface area contributed by atoms with Crippen LogP contribution in [0.3, 0.4) is 0 Å². The van der Waals surface area contributed by atoms with Crippen molar-refractivity contribution in [2.75, 3.05) is 30.6 Å². The van der Waals surface area contributed by atoms with Gasteiger partial charge in [-0.3, -0.25) is 4.79 Å². The Labute approximate surface area is 88.2 Å². The zero-order chi connectivity index (χ0) is 11.2. The van der Waals surface area contributed by atoms with Crippen LogP contribution in [-0.2, 0) is 14.6 Å². The molecule has 5 nitrogen and oxygen atoms in total. The van der Waals surface area contributed by atoms with Gasteiger partial charge in [0.2, 0.25) is 0 Å². The fourth-order valence-electron chi connectivity index (χ4n) is 0.690. The van der Waals surface area contributed by atoms with Crippen LogP contribution in [0.5, 0.6) is 0 Å². The first kappa shape index (κ1) is 13.7. The Hall–Kier alpha value is -0.270. The van der Waals surface area contributed by atoms with Crippen molar-refractivity contribution >= 4 is 27.6 Å². The Morgan fingerprint density at radius 1 is 1.57 bits per heavy atom. The third kappa shape index (κ3) is 7.16. The van der Waals surface area contributed by atoms with Gasteiger partial charge in [-0.15, -0.1) is 0 Å². The van der Waals surface area contributed by atoms with Gasteiger partial charge in [0.1, 0.15) is 15.9 Å². The lowest BCUT2D eigenvalue weighted by atomic mass is 10.3. The average Bonchev–Trinajstić information content (AvgIpc) is 2.01. The molecule has 0 radical (unpaired) electrons. The van der Waals surface area contributed by atoms with E-state index in [1.165, 1.54) is 18.0 Å². The maximum atomic E-state index is 10.7. The standard InChI is InChI=1S/C7H15NO4S2/c1-8-6(7(9)10)5-13-3-4-14(2,11)12/h6,8H,3-5H2,1-2H3,(H,9,10). The van der Waals surface area contributed by atoms with Crippen molar-refractivity contribution in [3.8, 4) is 0 Å². The van der Waals surface area contributed by atoms with Crippen molar-refractivity contribution in [1.29, 1.82) is 0 Å². The molecule has 0 spiro atoms. The second kappa shape index (κ2) is 6.26. The van der Waals surface area contributed by atoms with Crippen LogP contribution in [-0.4, -0.2) is 56.1 Å². The number of likely N-dealkylation sites (N-methyl/N-ethyl adjacent to an activating group) is 1. The molecule has 14 heavy (non-hydrogen) atoms. The average molecular weight is 241 g/mol. The summed E-state index contributed by atoms with van der Waals surface area (Å²) in [5.41, 5.74) is 0. The van der Waals surface area contributed by atoms with E-state index in [-0.39, 0.29) is 5.75 Å². The summed E-state index contributed by atoms with van der Waals surface area (Å²) in [6.45, 7) is 0. The molecule has 0 aromatic carbocycles. The number of nitrogens with one attached hydrogen (secondary N) is 1. The highest BCUT2D eigenvalue weighted by Crippen LogP contribution is 2.04. The molecule has 0 fully saturated rings. The van der Waals surface area contributed by atoms with Crippen LogP contribution in [0.1, 0.15) is 0 Å². The van der Waals surface area contributed by atoms with Crippen LogP contribution >= 0.6 is 11.8 Å². The number of rotatable bonds is 7. The molecule has 0 aromatic rings. The van der Waals surface area contributed by atoms with E-state index in [1.807, 2.05) is 0 Å². The zero-order valence-corrected chi connectivity index (χ0v) is 9.82. The van der Waals surface area contributed by atoms with Gasteiger partial charge < -0.3 is 10.4 Å². The minimum atomic E-state index is -2.94. The third-order valence-corrected chi connectivity index (χ3v) is 3.80. The quantitative estimate of drug-likeness (QED) is 0.581. The van der Waals surface area contributed by atoms with Gasteiger partial charge in [0.05, 0.1) is 5.75 Å². The van der Waals surface area contributed by atoms with Gasteiger partial charge in [0.15, 0.2) is 0 Å². The second-order valence-electron chi connectivity index (χ2n) is 2.88. The third-order valence-electron chi connectivity index (χ3n) is 1.53. The molecule has 0 amide bonds. The summed E-state index contributed by atoms with van der Waals surface area (Å²) in [4.78, 5) is 10.5. The molecule has 84 valence electrons. The topological polar surface area (TPSA) is 83.5 Å². The Morgan fingerprint density at radius 2 is 2.14 bits per heavy atom. The molecular formula is C7H15NO4S2. The smallest absolute Gasteiger partial charge is 0.321 e. The molecule has 0 aliphatic heterocycles. The van der Waals surface area contributed by atoms with E-state index in [9.17, 15) is 13.2 Å². The van der Waals surface area contributed by atoms with Crippen molar-refractivity contribution in [3.63, 3.8) is 0 Å². The molecule has 1 atom stereocenters. The molecule has 0 rings (SSSR count). The van der Waals surface area contributed by atoms with Crippen LogP contribution < -0.4 is 5.32 Å². The van der Waals surface area contributed by atoms with Gasteiger partial charge in [0.25, 0.3) is 0 Å². The fourth-order valence-corrected chi connectivity index (χ4v) is 3.08. The molecule has 0 aliphatic carbocycles. The Kier molecular flexibility index (Phi) is 6.14. The fraction of sp³-hybridized carbons (Fsp3) is 0.857. The van der Waals surface area contributed by atoms with Gasteiger partial charge in [-0.05, 0) is 7.05 Å². The summed E-state index contributed by atoms with van der Waals surface area (Å²) in [6, 6.07) is -0.612. The van der Waals surface area contributed by atoms with Crippen molar-refractivity contribution in [3.05, 3.63) is 0 Å². The zero-order valence-electron chi connectivity index (χ0n) is 8.19. The first-order chi connectivity index (χ1) is 6.37. The Balaban J connectivity index is 3.68. The predicted molar refractivity (Wildman–Crippen MR) is 57.5 cm³/mol. The van der Waals surface area contributed by atoms with Crippen LogP contribution in [0.25, 0.3) is 0 Å². The molecule has 0 heterocycles. The number of carboxylic acid groups (broad SMARTS) is 1. The number of carboxylic acids is 1. The predicted octanol–water partition coefficient (Wildman–Crippen LogP) is -0.563. The summed E-state index contributed by atoms with van der Waals surface area (Å²) >= 11 is 1.32. The lowest BCUT2D eigenvalue weighted by Crippen LogP contribution is -2.36. The van der Waals surface area contributed by atoms with Gasteiger partial charge in [-0.2, -0.15) is 11.8 Å². The first-order valence-electron chi connectivity index (χ1n) is 4.02. The number of sulfone groups is 1. The highest BCUT2D eigenvalue weighted by atomic mass is 32.2. The lowest BCUT2D eigenvalue weighted by molar-refractivity contribution is -0.138. The molecular weight excluding hydrogens is 226 g/mol. The van der Waals surface area contributed by atoms with E-state index < -0.39 is 21.8 Å². The highest BCUT2D eigenvalue weighted by Gasteiger charge is 2.14. The van der Waals surface area contributed by atoms with Gasteiger partial charge >= 0.3 is 5.97 Å². The molecule has 0 bridgehead atoms. The van der Waals surface area contributed by atoms with Crippen molar-refractivity contribution in [2.24, 2.45) is 0 Å². The minimum Gasteiger partial charge on any atom is -0.480 e. The molecule has 2 N–H and O–H groups in total. The summed E-state index contributed by atoms with van der Waals surface area (Å²) in [5, 5.41) is 11.3. The van der Waals surface area contributed by atoms with Crippen LogP contribution in [0.2, 0.25) is 0 Å². The summed E-state index contributed by atoms with van der Waals surface area (Å²) < 4.78 is 21.5. The van der Waals surface area contributed by atoms with E-state index in [0.29, 0.717) is 11.5 Å².